The molecule has 0 saturated heterocycles. The van der Waals surface area contributed by atoms with Crippen molar-refractivity contribution >= 4 is 5.97 Å². The molecule has 1 aromatic carbocycles. The highest BCUT2D eigenvalue weighted by Crippen LogP contribution is 2.24. The second-order valence-corrected chi connectivity index (χ2v) is 4.63. The number of carbonyl (C=O) groups excluding carboxylic acids is 1. The van der Waals surface area contributed by atoms with Crippen molar-refractivity contribution in [1.29, 1.82) is 0 Å². The van der Waals surface area contributed by atoms with Crippen molar-refractivity contribution in [3.63, 3.8) is 0 Å². The predicted molar refractivity (Wildman–Crippen MR) is 69.8 cm³/mol. The van der Waals surface area contributed by atoms with Crippen LogP contribution in [0.1, 0.15) is 43.5 Å². The summed E-state index contributed by atoms with van der Waals surface area (Å²) in [5, 5.41) is 0. The quantitative estimate of drug-likeness (QED) is 0.190. The maximum Gasteiger partial charge on any atom is 0.344 e. The van der Waals surface area contributed by atoms with Crippen LogP contribution in [-0.4, -0.2) is 12.1 Å². The molecule has 1 unspecified atom stereocenters. The zero-order valence-corrected chi connectivity index (χ0v) is 12.1. The van der Waals surface area contributed by atoms with Gasteiger partial charge in [0.2, 0.25) is 5.82 Å². The zero-order chi connectivity index (χ0) is 16.9. The lowest BCUT2D eigenvalue weighted by atomic mass is 10.1. The first-order valence-corrected chi connectivity index (χ1v) is 6.70. The van der Waals surface area contributed by atoms with E-state index in [1.165, 1.54) is 13.0 Å². The number of halogens is 5. The molecule has 0 saturated carbocycles. The Hall–Kier alpha value is -1.92. The van der Waals surface area contributed by atoms with E-state index < -0.39 is 46.7 Å². The molecule has 0 N–H and O–H groups in total. The smallest absolute Gasteiger partial charge is 0.344 e. The van der Waals surface area contributed by atoms with Crippen molar-refractivity contribution in [2.75, 3.05) is 0 Å². The minimum Gasteiger partial charge on any atom is -0.455 e. The summed E-state index contributed by atoms with van der Waals surface area (Å²) in [4.78, 5) is 11.6. The molecular weight excluding hydrogens is 307 g/mol. The average molecular weight is 322 g/mol. The van der Waals surface area contributed by atoms with E-state index in [1.54, 1.807) is 6.08 Å². The van der Waals surface area contributed by atoms with Crippen molar-refractivity contribution in [2.45, 2.75) is 39.2 Å². The molecule has 1 rings (SSSR count). The van der Waals surface area contributed by atoms with E-state index in [-0.39, 0.29) is 0 Å². The Morgan fingerprint density at radius 1 is 1.05 bits per heavy atom. The fourth-order valence-corrected chi connectivity index (χ4v) is 1.66. The van der Waals surface area contributed by atoms with Gasteiger partial charge in [0.25, 0.3) is 0 Å². The number of ether oxygens (including phenoxy) is 1. The fraction of sp³-hybridized carbons (Fsp3) is 0.400. The SMILES string of the molecule is CCCC/C=C/C(C)OC(=O)c1c(F)c(F)c(F)c(F)c1F. The van der Waals surface area contributed by atoms with Crippen LogP contribution in [0.5, 0.6) is 0 Å². The Balaban J connectivity index is 2.93. The number of hydrogen-bond acceptors (Lipinski definition) is 2. The first-order valence-electron chi connectivity index (χ1n) is 6.70. The molecule has 0 aromatic heterocycles. The first-order chi connectivity index (χ1) is 10.3. The van der Waals surface area contributed by atoms with Crippen molar-refractivity contribution in [3.8, 4) is 0 Å². The number of unbranched alkanes of at least 4 members (excludes halogenated alkanes) is 2. The number of carbonyl (C=O) groups is 1. The second-order valence-electron chi connectivity index (χ2n) is 4.63. The van der Waals surface area contributed by atoms with Gasteiger partial charge in [-0.25, -0.2) is 26.7 Å². The lowest BCUT2D eigenvalue weighted by molar-refractivity contribution is 0.0409. The largest absolute Gasteiger partial charge is 0.455 e. The monoisotopic (exact) mass is 322 g/mol. The van der Waals surface area contributed by atoms with Gasteiger partial charge in [-0.15, -0.1) is 0 Å². The summed E-state index contributed by atoms with van der Waals surface area (Å²) in [6, 6.07) is 0. The Bertz CT molecular complexity index is 555. The molecule has 122 valence electrons. The van der Waals surface area contributed by atoms with Gasteiger partial charge in [0, 0.05) is 0 Å². The van der Waals surface area contributed by atoms with Gasteiger partial charge in [-0.05, 0) is 19.4 Å². The van der Waals surface area contributed by atoms with Gasteiger partial charge in [-0.3, -0.25) is 0 Å². The van der Waals surface area contributed by atoms with E-state index in [2.05, 4.69) is 4.74 Å². The van der Waals surface area contributed by atoms with Crippen LogP contribution in [0.25, 0.3) is 0 Å². The third-order valence-corrected chi connectivity index (χ3v) is 2.84. The van der Waals surface area contributed by atoms with E-state index in [0.29, 0.717) is 0 Å². The second kappa shape index (κ2) is 7.91. The summed E-state index contributed by atoms with van der Waals surface area (Å²) >= 11 is 0. The maximum atomic E-state index is 13.4. The summed E-state index contributed by atoms with van der Waals surface area (Å²) in [7, 11) is 0. The van der Waals surface area contributed by atoms with Crippen LogP contribution < -0.4 is 0 Å². The molecular formula is C15H15F5O2. The summed E-state index contributed by atoms with van der Waals surface area (Å²) in [6.07, 6.45) is 4.91. The normalized spacial score (nSPS) is 12.7. The highest BCUT2D eigenvalue weighted by atomic mass is 19.2. The molecule has 1 atom stereocenters. The molecule has 2 nitrogen and oxygen atoms in total. The lowest BCUT2D eigenvalue weighted by Crippen LogP contribution is -2.18. The fourth-order valence-electron chi connectivity index (χ4n) is 1.66. The van der Waals surface area contributed by atoms with E-state index >= 15 is 0 Å². The molecule has 0 fully saturated rings. The van der Waals surface area contributed by atoms with E-state index in [1.807, 2.05) is 6.92 Å². The van der Waals surface area contributed by atoms with E-state index in [9.17, 15) is 26.7 Å². The summed E-state index contributed by atoms with van der Waals surface area (Å²) in [6.45, 7) is 3.40. The van der Waals surface area contributed by atoms with Crippen LogP contribution >= 0.6 is 0 Å². The molecule has 0 aliphatic rings. The molecule has 0 aliphatic carbocycles. The molecule has 0 bridgehead atoms. The Kier molecular flexibility index (Phi) is 6.52. The first kappa shape index (κ1) is 18.1. The van der Waals surface area contributed by atoms with Crippen LogP contribution in [0.15, 0.2) is 12.2 Å². The molecule has 0 heterocycles. The molecule has 0 radical (unpaired) electrons. The van der Waals surface area contributed by atoms with Crippen LogP contribution in [0, 0.1) is 29.1 Å². The van der Waals surface area contributed by atoms with Crippen molar-refractivity contribution in [2.24, 2.45) is 0 Å². The van der Waals surface area contributed by atoms with Crippen molar-refractivity contribution in [1.82, 2.24) is 0 Å². The Morgan fingerprint density at radius 2 is 1.55 bits per heavy atom. The highest BCUT2D eigenvalue weighted by molar-refractivity contribution is 5.90. The van der Waals surface area contributed by atoms with Crippen molar-refractivity contribution < 1.29 is 31.5 Å². The van der Waals surface area contributed by atoms with Crippen LogP contribution in [-0.2, 0) is 4.74 Å². The Morgan fingerprint density at radius 3 is 2.05 bits per heavy atom. The van der Waals surface area contributed by atoms with Crippen molar-refractivity contribution in [3.05, 3.63) is 46.8 Å². The maximum absolute atomic E-state index is 13.4. The molecule has 0 aliphatic heterocycles. The standard InChI is InChI=1S/C15H15F5O2/c1-3-4-5-6-7-8(2)22-15(21)9-10(16)12(18)14(20)13(19)11(9)17/h6-8H,3-5H2,1-2H3/b7-6+. The highest BCUT2D eigenvalue weighted by Gasteiger charge is 2.31. The van der Waals surface area contributed by atoms with E-state index in [4.69, 9.17) is 0 Å². The van der Waals surface area contributed by atoms with Gasteiger partial charge in [-0.2, -0.15) is 0 Å². The van der Waals surface area contributed by atoms with Gasteiger partial charge in [0.05, 0.1) is 0 Å². The van der Waals surface area contributed by atoms with E-state index in [0.717, 1.165) is 19.3 Å². The molecule has 7 heteroatoms. The van der Waals surface area contributed by atoms with Gasteiger partial charge in [0.1, 0.15) is 11.7 Å². The van der Waals surface area contributed by atoms with Gasteiger partial charge >= 0.3 is 5.97 Å². The van der Waals surface area contributed by atoms with Crippen LogP contribution in [0.3, 0.4) is 0 Å². The summed E-state index contributed by atoms with van der Waals surface area (Å²) in [5.74, 6) is -12.7. The van der Waals surface area contributed by atoms with Crippen LogP contribution in [0.2, 0.25) is 0 Å². The summed E-state index contributed by atoms with van der Waals surface area (Å²) in [5.41, 5.74) is -1.59. The average Bonchev–Trinajstić information content (AvgIpc) is 2.47. The third kappa shape index (κ3) is 4.05. The summed E-state index contributed by atoms with van der Waals surface area (Å²) < 4.78 is 70.4. The molecule has 0 amide bonds. The van der Waals surface area contributed by atoms with Gasteiger partial charge < -0.3 is 4.74 Å². The predicted octanol–water partition coefficient (Wildman–Crippen LogP) is 4.67. The Labute approximate surface area is 124 Å². The molecule has 1 aromatic rings. The zero-order valence-electron chi connectivity index (χ0n) is 12.1. The topological polar surface area (TPSA) is 26.3 Å². The van der Waals surface area contributed by atoms with Gasteiger partial charge in [0.15, 0.2) is 23.3 Å². The minimum absolute atomic E-state index is 0.723. The number of hydrogen-bond donors (Lipinski definition) is 0. The minimum atomic E-state index is -2.32. The number of esters is 1. The lowest BCUT2D eigenvalue weighted by Gasteiger charge is -2.11. The number of allylic oxidation sites excluding steroid dienone is 1. The van der Waals surface area contributed by atoms with Gasteiger partial charge in [-0.1, -0.05) is 25.8 Å². The molecule has 0 spiro atoms. The third-order valence-electron chi connectivity index (χ3n) is 2.84. The number of rotatable bonds is 6. The molecule has 22 heavy (non-hydrogen) atoms. The van der Waals surface area contributed by atoms with Crippen LogP contribution in [0.4, 0.5) is 22.0 Å². The number of benzene rings is 1.